The lowest BCUT2D eigenvalue weighted by Gasteiger charge is -2.26. The van der Waals surface area contributed by atoms with E-state index in [1.54, 1.807) is 0 Å². The van der Waals surface area contributed by atoms with E-state index in [-0.39, 0.29) is 16.1 Å². The summed E-state index contributed by atoms with van der Waals surface area (Å²) in [6, 6.07) is 3.94. The van der Waals surface area contributed by atoms with Gasteiger partial charge in [0.25, 0.3) is 5.91 Å². The molecule has 4 nitrogen and oxygen atoms in total. The van der Waals surface area contributed by atoms with Crippen LogP contribution in [0.5, 0.6) is 0 Å². The zero-order valence-electron chi connectivity index (χ0n) is 15.0. The fourth-order valence-corrected chi connectivity index (χ4v) is 5.71. The third kappa shape index (κ3) is 3.32. The Balaban J connectivity index is 2.06. The first-order valence-electron chi connectivity index (χ1n) is 8.42. The third-order valence-corrected chi connectivity index (χ3v) is 7.10. The van der Waals surface area contributed by atoms with E-state index in [1.807, 2.05) is 13.0 Å². The van der Waals surface area contributed by atoms with Gasteiger partial charge in [-0.3, -0.25) is 4.79 Å². The topological polar surface area (TPSA) is 70.3 Å². The first kappa shape index (κ1) is 18.3. The fourth-order valence-electron chi connectivity index (χ4n) is 3.54. The Morgan fingerprint density at radius 2 is 1.96 bits per heavy atom. The molecule has 6 heteroatoms. The number of rotatable bonds is 1. The van der Waals surface area contributed by atoms with Crippen molar-refractivity contribution in [1.29, 1.82) is 4.78 Å². The van der Waals surface area contributed by atoms with Gasteiger partial charge in [-0.2, -0.15) is 0 Å². The Bertz CT molecular complexity index is 935. The number of aliphatic imine (C=N–C) groups is 1. The number of carbonyl (C=O) groups is 1. The van der Waals surface area contributed by atoms with Crippen molar-refractivity contribution in [3.63, 3.8) is 0 Å². The lowest BCUT2D eigenvalue weighted by molar-refractivity contribution is -0.113. The molecule has 0 aromatic heterocycles. The van der Waals surface area contributed by atoms with Crippen molar-refractivity contribution in [3.05, 3.63) is 44.3 Å². The SMILES string of the molecule is Cc1cc(C(C)(C)C)c(Cl)cc1C1=NC(=O)C2=C(CCC[S@@]2(=N)=O)C1. The molecule has 1 aromatic rings. The summed E-state index contributed by atoms with van der Waals surface area (Å²) >= 11 is 6.50. The van der Waals surface area contributed by atoms with Gasteiger partial charge in [0.15, 0.2) is 0 Å². The van der Waals surface area contributed by atoms with Gasteiger partial charge in [0.1, 0.15) is 4.91 Å². The smallest absolute Gasteiger partial charge is 0.266 e. The number of amides is 1. The van der Waals surface area contributed by atoms with Crippen LogP contribution in [0.3, 0.4) is 0 Å². The summed E-state index contributed by atoms with van der Waals surface area (Å²) in [5.41, 5.74) is 4.36. The number of dihydropyridines is 1. The second-order valence-electron chi connectivity index (χ2n) is 7.85. The normalized spacial score (nSPS) is 24.2. The van der Waals surface area contributed by atoms with Gasteiger partial charge >= 0.3 is 0 Å². The lowest BCUT2D eigenvalue weighted by atomic mass is 9.84. The number of allylic oxidation sites excluding steroid dienone is 1. The maximum atomic E-state index is 12.5. The molecule has 1 aromatic carbocycles. The Labute approximate surface area is 154 Å². The molecule has 134 valence electrons. The summed E-state index contributed by atoms with van der Waals surface area (Å²) in [7, 11) is -2.99. The average Bonchev–Trinajstić information content (AvgIpc) is 2.46. The van der Waals surface area contributed by atoms with Crippen LogP contribution in [0.25, 0.3) is 0 Å². The molecule has 0 saturated heterocycles. The van der Waals surface area contributed by atoms with Crippen LogP contribution in [0.1, 0.15) is 56.7 Å². The van der Waals surface area contributed by atoms with Crippen LogP contribution >= 0.6 is 11.6 Å². The molecular formula is C19H23ClN2O2S. The summed E-state index contributed by atoms with van der Waals surface area (Å²) in [6.45, 7) is 8.32. The highest BCUT2D eigenvalue weighted by molar-refractivity contribution is 7.97. The Morgan fingerprint density at radius 1 is 1.28 bits per heavy atom. The van der Waals surface area contributed by atoms with Gasteiger partial charge in [-0.1, -0.05) is 38.4 Å². The van der Waals surface area contributed by atoms with Gasteiger partial charge in [0, 0.05) is 22.8 Å². The molecule has 25 heavy (non-hydrogen) atoms. The average molecular weight is 379 g/mol. The van der Waals surface area contributed by atoms with E-state index >= 15 is 0 Å². The zero-order valence-corrected chi connectivity index (χ0v) is 16.6. The van der Waals surface area contributed by atoms with Crippen molar-refractivity contribution in [1.82, 2.24) is 0 Å². The van der Waals surface area contributed by atoms with Crippen molar-refractivity contribution in [2.45, 2.75) is 52.4 Å². The van der Waals surface area contributed by atoms with Crippen LogP contribution in [-0.2, 0) is 19.9 Å². The molecule has 1 N–H and O–H groups in total. The van der Waals surface area contributed by atoms with Gasteiger partial charge in [-0.25, -0.2) is 14.0 Å². The molecule has 0 aliphatic carbocycles. The minimum atomic E-state index is -2.99. The van der Waals surface area contributed by atoms with Crippen LogP contribution in [0, 0.1) is 11.7 Å². The molecule has 0 fully saturated rings. The van der Waals surface area contributed by atoms with E-state index in [2.05, 4.69) is 31.8 Å². The van der Waals surface area contributed by atoms with E-state index in [9.17, 15) is 9.00 Å². The van der Waals surface area contributed by atoms with Crippen LogP contribution in [0.15, 0.2) is 27.6 Å². The monoisotopic (exact) mass is 378 g/mol. The van der Waals surface area contributed by atoms with Gasteiger partial charge in [0.05, 0.1) is 15.4 Å². The van der Waals surface area contributed by atoms with E-state index in [4.69, 9.17) is 16.4 Å². The number of aryl methyl sites for hydroxylation is 1. The van der Waals surface area contributed by atoms with Gasteiger partial charge in [0.2, 0.25) is 0 Å². The van der Waals surface area contributed by atoms with Gasteiger partial charge in [-0.05, 0) is 47.9 Å². The molecular weight excluding hydrogens is 356 g/mol. The largest absolute Gasteiger partial charge is 0.287 e. The van der Waals surface area contributed by atoms with Gasteiger partial charge < -0.3 is 0 Å². The summed E-state index contributed by atoms with van der Waals surface area (Å²) in [6.07, 6.45) is 1.87. The maximum absolute atomic E-state index is 12.5. The molecule has 2 aliphatic rings. The number of nitrogens with zero attached hydrogens (tertiary/aromatic N) is 1. The molecule has 0 spiro atoms. The first-order chi connectivity index (χ1) is 11.5. The summed E-state index contributed by atoms with van der Waals surface area (Å²) in [5, 5.41) is 0.663. The van der Waals surface area contributed by atoms with Crippen molar-refractivity contribution >= 4 is 32.9 Å². The standard InChI is InChI=1S/C19H23ClN2O2S/c1-11-8-14(19(2,3)4)15(20)10-13(11)16-9-12-6-5-7-25(21,24)17(12)18(23)22-16/h8,10,21H,5-7,9H2,1-4H3/t25-/m1/s1. The Morgan fingerprint density at radius 3 is 2.60 bits per heavy atom. The van der Waals surface area contributed by atoms with Crippen molar-refractivity contribution < 1.29 is 9.00 Å². The molecule has 1 atom stereocenters. The molecule has 0 bridgehead atoms. The van der Waals surface area contributed by atoms with Crippen LogP contribution in [-0.4, -0.2) is 21.6 Å². The summed E-state index contributed by atoms with van der Waals surface area (Å²) in [4.78, 5) is 16.8. The quantitative estimate of drug-likeness (QED) is 0.765. The van der Waals surface area contributed by atoms with Crippen LogP contribution < -0.4 is 0 Å². The first-order valence-corrected chi connectivity index (χ1v) is 10.5. The van der Waals surface area contributed by atoms with Crippen LogP contribution in [0.2, 0.25) is 5.02 Å². The maximum Gasteiger partial charge on any atom is 0.287 e. The number of halogens is 1. The highest BCUT2D eigenvalue weighted by Gasteiger charge is 2.33. The highest BCUT2D eigenvalue weighted by atomic mass is 35.5. The fraction of sp³-hybridized carbons (Fsp3) is 0.474. The Kier molecular flexibility index (Phi) is 4.44. The number of carbonyl (C=O) groups excluding carboxylic acids is 1. The van der Waals surface area contributed by atoms with Crippen molar-refractivity contribution in [2.75, 3.05) is 5.75 Å². The number of benzene rings is 1. The molecule has 0 unspecified atom stereocenters. The van der Waals surface area contributed by atoms with Gasteiger partial charge in [-0.15, -0.1) is 0 Å². The summed E-state index contributed by atoms with van der Waals surface area (Å²) < 4.78 is 20.4. The van der Waals surface area contributed by atoms with Crippen molar-refractivity contribution in [3.8, 4) is 0 Å². The second kappa shape index (κ2) is 6.06. The van der Waals surface area contributed by atoms with Crippen molar-refractivity contribution in [2.24, 2.45) is 4.99 Å². The minimum Gasteiger partial charge on any atom is -0.266 e. The second-order valence-corrected chi connectivity index (χ2v) is 10.4. The van der Waals surface area contributed by atoms with E-state index in [1.165, 1.54) is 0 Å². The molecule has 2 aliphatic heterocycles. The predicted octanol–water partition coefficient (Wildman–Crippen LogP) is 4.76. The minimum absolute atomic E-state index is 0.0691. The number of hydrogen-bond donors (Lipinski definition) is 1. The summed E-state index contributed by atoms with van der Waals surface area (Å²) in [5.74, 6) is -0.250. The predicted molar refractivity (Wildman–Crippen MR) is 103 cm³/mol. The number of hydrogen-bond acceptors (Lipinski definition) is 3. The third-order valence-electron chi connectivity index (χ3n) is 4.81. The van der Waals surface area contributed by atoms with E-state index in [0.717, 1.165) is 22.3 Å². The molecule has 2 heterocycles. The highest BCUT2D eigenvalue weighted by Crippen LogP contribution is 2.36. The zero-order chi connectivity index (χ0) is 18.6. The molecule has 1 amide bonds. The number of nitrogens with one attached hydrogen (secondary N) is 1. The molecule has 0 saturated carbocycles. The van der Waals surface area contributed by atoms with E-state index in [0.29, 0.717) is 30.0 Å². The Hall–Kier alpha value is -1.46. The molecule has 0 radical (unpaired) electrons. The molecule has 3 rings (SSSR count). The van der Waals surface area contributed by atoms with E-state index < -0.39 is 15.6 Å². The lowest BCUT2D eigenvalue weighted by Crippen LogP contribution is -2.27. The van der Waals surface area contributed by atoms with Crippen LogP contribution in [0.4, 0.5) is 0 Å².